The van der Waals surface area contributed by atoms with Gasteiger partial charge in [0.15, 0.2) is 0 Å². The van der Waals surface area contributed by atoms with Gasteiger partial charge in [-0.05, 0) is 18.6 Å². The maximum Gasteiger partial charge on any atom is 0.123 e. The Bertz CT molecular complexity index is 346. The first kappa shape index (κ1) is 11.4. The van der Waals surface area contributed by atoms with Crippen molar-refractivity contribution in [1.82, 2.24) is 4.90 Å². The van der Waals surface area contributed by atoms with E-state index in [0.717, 1.165) is 38.6 Å². The zero-order chi connectivity index (χ0) is 11.4. The molecule has 3 heteroatoms. The highest BCUT2D eigenvalue weighted by molar-refractivity contribution is 5.37. The van der Waals surface area contributed by atoms with E-state index >= 15 is 0 Å². The first-order valence-corrected chi connectivity index (χ1v) is 5.73. The van der Waals surface area contributed by atoms with Crippen LogP contribution in [0, 0.1) is 6.92 Å². The van der Waals surface area contributed by atoms with Crippen LogP contribution in [0.15, 0.2) is 18.2 Å². The molecule has 1 saturated heterocycles. The Labute approximate surface area is 97.0 Å². The third-order valence-electron chi connectivity index (χ3n) is 2.94. The third kappa shape index (κ3) is 2.74. The van der Waals surface area contributed by atoms with Crippen LogP contribution in [0.1, 0.15) is 11.1 Å². The molecule has 0 aromatic heterocycles. The van der Waals surface area contributed by atoms with Gasteiger partial charge in [0, 0.05) is 25.2 Å². The molecule has 2 rings (SSSR count). The number of ether oxygens (including phenoxy) is 2. The van der Waals surface area contributed by atoms with Gasteiger partial charge in [-0.2, -0.15) is 0 Å². The van der Waals surface area contributed by atoms with Crippen molar-refractivity contribution in [2.45, 2.75) is 13.5 Å². The molecule has 0 amide bonds. The summed E-state index contributed by atoms with van der Waals surface area (Å²) in [6.45, 7) is 6.74. The van der Waals surface area contributed by atoms with Crippen LogP contribution >= 0.6 is 0 Å². The van der Waals surface area contributed by atoms with Gasteiger partial charge >= 0.3 is 0 Å². The third-order valence-corrected chi connectivity index (χ3v) is 2.94. The quantitative estimate of drug-likeness (QED) is 0.777. The second kappa shape index (κ2) is 5.32. The molecule has 0 bridgehead atoms. The molecule has 1 aromatic carbocycles. The lowest BCUT2D eigenvalue weighted by molar-refractivity contribution is 0.0339. The summed E-state index contributed by atoms with van der Waals surface area (Å²) in [7, 11) is 1.73. The summed E-state index contributed by atoms with van der Waals surface area (Å²) >= 11 is 0. The zero-order valence-corrected chi connectivity index (χ0v) is 10.0. The normalized spacial score (nSPS) is 17.4. The molecule has 0 saturated carbocycles. The predicted molar refractivity (Wildman–Crippen MR) is 63.8 cm³/mol. The van der Waals surface area contributed by atoms with Crippen molar-refractivity contribution in [3.63, 3.8) is 0 Å². The molecule has 3 nitrogen and oxygen atoms in total. The smallest absolute Gasteiger partial charge is 0.123 e. The van der Waals surface area contributed by atoms with E-state index in [4.69, 9.17) is 9.47 Å². The molecule has 16 heavy (non-hydrogen) atoms. The van der Waals surface area contributed by atoms with Crippen LogP contribution < -0.4 is 4.74 Å². The lowest BCUT2D eigenvalue weighted by Crippen LogP contribution is -2.35. The second-order valence-electron chi connectivity index (χ2n) is 4.20. The Hall–Kier alpha value is -1.06. The van der Waals surface area contributed by atoms with E-state index in [1.165, 1.54) is 11.1 Å². The van der Waals surface area contributed by atoms with Crippen molar-refractivity contribution in [3.8, 4) is 5.75 Å². The molecule has 1 heterocycles. The molecule has 0 unspecified atom stereocenters. The van der Waals surface area contributed by atoms with Crippen molar-refractivity contribution in [2.75, 3.05) is 33.4 Å². The van der Waals surface area contributed by atoms with Gasteiger partial charge in [-0.3, -0.25) is 4.90 Å². The molecule has 0 aliphatic carbocycles. The maximum atomic E-state index is 5.41. The van der Waals surface area contributed by atoms with Crippen molar-refractivity contribution < 1.29 is 9.47 Å². The number of benzene rings is 1. The van der Waals surface area contributed by atoms with Gasteiger partial charge in [0.25, 0.3) is 0 Å². The Morgan fingerprint density at radius 2 is 2.06 bits per heavy atom. The molecule has 1 fully saturated rings. The largest absolute Gasteiger partial charge is 0.496 e. The van der Waals surface area contributed by atoms with E-state index in [9.17, 15) is 0 Å². The van der Waals surface area contributed by atoms with Gasteiger partial charge in [0.05, 0.1) is 20.3 Å². The predicted octanol–water partition coefficient (Wildman–Crippen LogP) is 1.84. The molecule has 1 aromatic rings. The van der Waals surface area contributed by atoms with Gasteiger partial charge in [0.1, 0.15) is 5.75 Å². The first-order chi connectivity index (χ1) is 7.79. The first-order valence-electron chi connectivity index (χ1n) is 5.73. The zero-order valence-electron chi connectivity index (χ0n) is 10.0. The van der Waals surface area contributed by atoms with Crippen LogP contribution in [0.2, 0.25) is 0 Å². The molecule has 1 aliphatic rings. The lowest BCUT2D eigenvalue weighted by Gasteiger charge is -2.27. The molecule has 0 N–H and O–H groups in total. The molecule has 1 aliphatic heterocycles. The monoisotopic (exact) mass is 221 g/mol. The van der Waals surface area contributed by atoms with Crippen LogP contribution in [0.25, 0.3) is 0 Å². The van der Waals surface area contributed by atoms with Gasteiger partial charge < -0.3 is 9.47 Å². The summed E-state index contributed by atoms with van der Waals surface area (Å²) < 4.78 is 10.7. The molecule has 0 radical (unpaired) electrons. The fraction of sp³-hybridized carbons (Fsp3) is 0.538. The van der Waals surface area contributed by atoms with E-state index in [-0.39, 0.29) is 0 Å². The SMILES string of the molecule is COc1cc(C)ccc1CN1CCOCC1. The summed E-state index contributed by atoms with van der Waals surface area (Å²) in [5.41, 5.74) is 2.50. The van der Waals surface area contributed by atoms with Crippen LogP contribution in [0.3, 0.4) is 0 Å². The Morgan fingerprint density at radius 1 is 1.31 bits per heavy atom. The molecule has 0 spiro atoms. The number of morpholine rings is 1. The van der Waals surface area contributed by atoms with E-state index in [1.54, 1.807) is 7.11 Å². The molecular formula is C13H19NO2. The Balaban J connectivity index is 2.07. The Kier molecular flexibility index (Phi) is 3.80. The molecule has 0 atom stereocenters. The summed E-state index contributed by atoms with van der Waals surface area (Å²) in [5, 5.41) is 0. The summed E-state index contributed by atoms with van der Waals surface area (Å²) in [6.07, 6.45) is 0. The van der Waals surface area contributed by atoms with Crippen LogP contribution in [0.5, 0.6) is 5.75 Å². The number of rotatable bonds is 3. The Morgan fingerprint density at radius 3 is 2.75 bits per heavy atom. The van der Waals surface area contributed by atoms with E-state index < -0.39 is 0 Å². The van der Waals surface area contributed by atoms with Crippen molar-refractivity contribution in [1.29, 1.82) is 0 Å². The second-order valence-corrected chi connectivity index (χ2v) is 4.20. The fourth-order valence-corrected chi connectivity index (χ4v) is 1.98. The number of hydrogen-bond acceptors (Lipinski definition) is 3. The van der Waals surface area contributed by atoms with Crippen molar-refractivity contribution in [3.05, 3.63) is 29.3 Å². The minimum absolute atomic E-state index is 0.841. The van der Waals surface area contributed by atoms with Gasteiger partial charge in [0.2, 0.25) is 0 Å². The average molecular weight is 221 g/mol. The van der Waals surface area contributed by atoms with Gasteiger partial charge in [-0.25, -0.2) is 0 Å². The van der Waals surface area contributed by atoms with Crippen LogP contribution in [-0.4, -0.2) is 38.3 Å². The average Bonchev–Trinajstić information content (AvgIpc) is 2.33. The number of aryl methyl sites for hydroxylation is 1. The van der Waals surface area contributed by atoms with Crippen molar-refractivity contribution in [2.24, 2.45) is 0 Å². The summed E-state index contributed by atoms with van der Waals surface area (Å²) in [5.74, 6) is 0.992. The number of methoxy groups -OCH3 is 1. The lowest BCUT2D eigenvalue weighted by atomic mass is 10.1. The maximum absolute atomic E-state index is 5.41. The van der Waals surface area contributed by atoms with E-state index in [0.29, 0.717) is 0 Å². The van der Waals surface area contributed by atoms with Gasteiger partial charge in [-0.15, -0.1) is 0 Å². The molecule has 88 valence electrons. The fourth-order valence-electron chi connectivity index (χ4n) is 1.98. The minimum Gasteiger partial charge on any atom is -0.496 e. The van der Waals surface area contributed by atoms with Crippen molar-refractivity contribution >= 4 is 0 Å². The van der Waals surface area contributed by atoms with Crippen LogP contribution in [-0.2, 0) is 11.3 Å². The minimum atomic E-state index is 0.841. The van der Waals surface area contributed by atoms with E-state index in [1.807, 2.05) is 0 Å². The highest BCUT2D eigenvalue weighted by atomic mass is 16.5. The highest BCUT2D eigenvalue weighted by Crippen LogP contribution is 2.21. The van der Waals surface area contributed by atoms with E-state index in [2.05, 4.69) is 30.0 Å². The topological polar surface area (TPSA) is 21.7 Å². The van der Waals surface area contributed by atoms with Gasteiger partial charge in [-0.1, -0.05) is 12.1 Å². The standard InChI is InChI=1S/C13H19NO2/c1-11-3-4-12(13(9-11)15-2)10-14-5-7-16-8-6-14/h3-4,9H,5-8,10H2,1-2H3. The number of hydrogen-bond donors (Lipinski definition) is 0. The summed E-state index contributed by atoms with van der Waals surface area (Å²) in [6, 6.07) is 6.39. The molecular weight excluding hydrogens is 202 g/mol. The highest BCUT2D eigenvalue weighted by Gasteiger charge is 2.12. The van der Waals surface area contributed by atoms with Crippen LogP contribution in [0.4, 0.5) is 0 Å². The number of nitrogens with zero attached hydrogens (tertiary/aromatic N) is 1. The summed E-state index contributed by atoms with van der Waals surface area (Å²) in [4.78, 5) is 2.40.